The molecule has 98 valence electrons. The molecule has 1 N–H and O–H groups in total. The Hall–Kier alpha value is 0.1000. The van der Waals surface area contributed by atoms with E-state index < -0.39 is 0 Å². The summed E-state index contributed by atoms with van der Waals surface area (Å²) in [6.07, 6.45) is 1.00. The summed E-state index contributed by atoms with van der Waals surface area (Å²) in [5, 5.41) is 3.41. The molecule has 0 fully saturated rings. The van der Waals surface area contributed by atoms with E-state index in [0.717, 1.165) is 26.2 Å². The van der Waals surface area contributed by atoms with Gasteiger partial charge in [0.2, 0.25) is 0 Å². The summed E-state index contributed by atoms with van der Waals surface area (Å²) in [5.41, 5.74) is 1.57. The van der Waals surface area contributed by atoms with Crippen LogP contribution >= 0.6 is 27.3 Å². The maximum atomic E-state index is 5.62. The summed E-state index contributed by atoms with van der Waals surface area (Å²) >= 11 is 5.30. The van der Waals surface area contributed by atoms with Gasteiger partial charge in [0, 0.05) is 17.0 Å². The first-order chi connectivity index (χ1) is 7.88. The van der Waals surface area contributed by atoms with Gasteiger partial charge in [0.25, 0.3) is 0 Å². The van der Waals surface area contributed by atoms with Crippen LogP contribution in [-0.2, 0) is 11.2 Å². The van der Waals surface area contributed by atoms with Gasteiger partial charge in [-0.3, -0.25) is 0 Å². The smallest absolute Gasteiger partial charge is 0.0704 e. The Bertz CT molecular complexity index is 344. The Balaban J connectivity index is 2.11. The largest absolute Gasteiger partial charge is 0.380 e. The second-order valence-electron chi connectivity index (χ2n) is 5.17. The Labute approximate surface area is 117 Å². The summed E-state index contributed by atoms with van der Waals surface area (Å²) in [5.74, 6) is 0. The average Bonchev–Trinajstić information content (AvgIpc) is 2.49. The van der Waals surface area contributed by atoms with Gasteiger partial charge in [0.15, 0.2) is 0 Å². The minimum atomic E-state index is 0.179. The molecule has 0 aliphatic heterocycles. The summed E-state index contributed by atoms with van der Waals surface area (Å²) < 4.78 is 6.83. The van der Waals surface area contributed by atoms with Gasteiger partial charge < -0.3 is 10.1 Å². The number of hydrogen-bond donors (Lipinski definition) is 1. The molecule has 0 spiro atoms. The second-order valence-corrected chi connectivity index (χ2v) is 7.81. The molecule has 0 radical (unpaired) electrons. The SMILES string of the molecule is Cc1sc(Br)cc1CCOCCNC(C)(C)C. The van der Waals surface area contributed by atoms with Crippen LogP contribution in [0.2, 0.25) is 0 Å². The lowest BCUT2D eigenvalue weighted by Crippen LogP contribution is -2.38. The van der Waals surface area contributed by atoms with Crippen molar-refractivity contribution in [3.63, 3.8) is 0 Å². The molecule has 0 bridgehead atoms. The van der Waals surface area contributed by atoms with Crippen LogP contribution in [0.4, 0.5) is 0 Å². The molecule has 0 aromatic carbocycles. The number of nitrogens with one attached hydrogen (secondary N) is 1. The zero-order chi connectivity index (χ0) is 12.9. The number of ether oxygens (including phenoxy) is 1. The van der Waals surface area contributed by atoms with Gasteiger partial charge >= 0.3 is 0 Å². The zero-order valence-electron chi connectivity index (χ0n) is 11.1. The van der Waals surface area contributed by atoms with Crippen LogP contribution in [0, 0.1) is 6.92 Å². The molecule has 0 saturated carbocycles. The van der Waals surface area contributed by atoms with E-state index in [4.69, 9.17) is 4.74 Å². The van der Waals surface area contributed by atoms with Gasteiger partial charge in [-0.25, -0.2) is 0 Å². The monoisotopic (exact) mass is 319 g/mol. The van der Waals surface area contributed by atoms with Crippen LogP contribution in [0.1, 0.15) is 31.2 Å². The number of hydrogen-bond acceptors (Lipinski definition) is 3. The molecule has 0 amide bonds. The van der Waals surface area contributed by atoms with Crippen molar-refractivity contribution in [1.82, 2.24) is 5.32 Å². The second kappa shape index (κ2) is 6.88. The van der Waals surface area contributed by atoms with Crippen molar-refractivity contribution in [3.8, 4) is 0 Å². The number of thiophene rings is 1. The van der Waals surface area contributed by atoms with Gasteiger partial charge in [-0.1, -0.05) is 0 Å². The fraction of sp³-hybridized carbons (Fsp3) is 0.692. The van der Waals surface area contributed by atoms with Crippen molar-refractivity contribution < 1.29 is 4.74 Å². The lowest BCUT2D eigenvalue weighted by Gasteiger charge is -2.20. The van der Waals surface area contributed by atoms with Gasteiger partial charge in [0.05, 0.1) is 17.0 Å². The Morgan fingerprint density at radius 2 is 2.06 bits per heavy atom. The van der Waals surface area contributed by atoms with Gasteiger partial charge in [-0.15, -0.1) is 11.3 Å². The third kappa shape index (κ3) is 6.55. The highest BCUT2D eigenvalue weighted by atomic mass is 79.9. The fourth-order valence-corrected chi connectivity index (χ4v) is 3.30. The maximum Gasteiger partial charge on any atom is 0.0704 e. The minimum Gasteiger partial charge on any atom is -0.380 e. The first-order valence-electron chi connectivity index (χ1n) is 5.96. The molecule has 17 heavy (non-hydrogen) atoms. The molecule has 0 aliphatic rings. The van der Waals surface area contributed by atoms with E-state index in [9.17, 15) is 0 Å². The average molecular weight is 320 g/mol. The van der Waals surface area contributed by atoms with Crippen LogP contribution in [0.25, 0.3) is 0 Å². The quantitative estimate of drug-likeness (QED) is 0.806. The summed E-state index contributed by atoms with van der Waals surface area (Å²) in [4.78, 5) is 1.38. The number of rotatable bonds is 6. The lowest BCUT2D eigenvalue weighted by atomic mass is 10.1. The third-order valence-electron chi connectivity index (χ3n) is 2.41. The molecule has 0 saturated heterocycles. The molecule has 0 aliphatic carbocycles. The van der Waals surface area contributed by atoms with E-state index in [0.29, 0.717) is 0 Å². The van der Waals surface area contributed by atoms with Crippen LogP contribution in [-0.4, -0.2) is 25.3 Å². The van der Waals surface area contributed by atoms with Gasteiger partial charge in [0.1, 0.15) is 0 Å². The van der Waals surface area contributed by atoms with Crippen molar-refractivity contribution in [2.45, 2.75) is 39.7 Å². The van der Waals surface area contributed by atoms with Crippen LogP contribution in [0.15, 0.2) is 9.85 Å². The minimum absolute atomic E-state index is 0.179. The highest BCUT2D eigenvalue weighted by Crippen LogP contribution is 2.26. The number of halogens is 1. The molecule has 2 nitrogen and oxygen atoms in total. The molecule has 1 aromatic heterocycles. The molecular formula is C13H22BrNOS. The Morgan fingerprint density at radius 1 is 1.35 bits per heavy atom. The standard InChI is InChI=1S/C13H22BrNOS/c1-10-11(9-12(14)17-10)5-7-16-8-6-15-13(2,3)4/h9,15H,5-8H2,1-4H3. The molecule has 0 atom stereocenters. The zero-order valence-corrected chi connectivity index (χ0v) is 13.5. The number of aryl methyl sites for hydroxylation is 1. The molecule has 0 unspecified atom stereocenters. The van der Waals surface area contributed by atoms with Gasteiger partial charge in [-0.2, -0.15) is 0 Å². The van der Waals surface area contributed by atoms with Crippen LogP contribution in [0.3, 0.4) is 0 Å². The summed E-state index contributed by atoms with van der Waals surface area (Å²) in [7, 11) is 0. The lowest BCUT2D eigenvalue weighted by molar-refractivity contribution is 0.133. The van der Waals surface area contributed by atoms with Gasteiger partial charge in [-0.05, 0) is 61.7 Å². The Morgan fingerprint density at radius 3 is 2.59 bits per heavy atom. The third-order valence-corrected chi connectivity index (χ3v) is 4.00. The first kappa shape index (κ1) is 15.2. The van der Waals surface area contributed by atoms with Crippen molar-refractivity contribution in [3.05, 3.63) is 20.3 Å². The molecule has 1 heterocycles. The summed E-state index contributed by atoms with van der Waals surface area (Å²) in [6.45, 7) is 11.1. The van der Waals surface area contributed by atoms with E-state index in [1.54, 1.807) is 11.3 Å². The van der Waals surface area contributed by atoms with E-state index in [-0.39, 0.29) is 5.54 Å². The van der Waals surface area contributed by atoms with E-state index in [1.165, 1.54) is 14.2 Å². The fourth-order valence-electron chi connectivity index (χ4n) is 1.51. The van der Waals surface area contributed by atoms with Crippen molar-refractivity contribution >= 4 is 27.3 Å². The van der Waals surface area contributed by atoms with E-state index >= 15 is 0 Å². The maximum absolute atomic E-state index is 5.62. The first-order valence-corrected chi connectivity index (χ1v) is 7.57. The molecule has 4 heteroatoms. The van der Waals surface area contributed by atoms with Crippen molar-refractivity contribution in [2.24, 2.45) is 0 Å². The van der Waals surface area contributed by atoms with Crippen LogP contribution in [0.5, 0.6) is 0 Å². The predicted octanol–water partition coefficient (Wildman–Crippen LogP) is 3.77. The van der Waals surface area contributed by atoms with Crippen molar-refractivity contribution in [1.29, 1.82) is 0 Å². The highest BCUT2D eigenvalue weighted by molar-refractivity contribution is 9.11. The summed E-state index contributed by atoms with van der Waals surface area (Å²) in [6, 6.07) is 2.19. The van der Waals surface area contributed by atoms with Crippen molar-refractivity contribution in [2.75, 3.05) is 19.8 Å². The molecule has 1 rings (SSSR count). The Kier molecular flexibility index (Phi) is 6.13. The van der Waals surface area contributed by atoms with E-state index in [2.05, 4.69) is 55.0 Å². The topological polar surface area (TPSA) is 21.3 Å². The molecule has 1 aromatic rings. The molecular weight excluding hydrogens is 298 g/mol. The predicted molar refractivity (Wildman–Crippen MR) is 79.0 cm³/mol. The van der Waals surface area contributed by atoms with Crippen LogP contribution < -0.4 is 5.32 Å². The van der Waals surface area contributed by atoms with E-state index in [1.807, 2.05) is 0 Å². The highest BCUT2D eigenvalue weighted by Gasteiger charge is 2.07. The normalized spacial score (nSPS) is 12.1.